The Bertz CT molecular complexity index is 736. The first kappa shape index (κ1) is 14.1. The van der Waals surface area contributed by atoms with Gasteiger partial charge in [0.2, 0.25) is 5.13 Å². The second-order valence-corrected chi connectivity index (χ2v) is 6.16. The highest BCUT2D eigenvalue weighted by molar-refractivity contribution is 9.10. The molecule has 0 amide bonds. The highest BCUT2D eigenvalue weighted by Crippen LogP contribution is 2.27. The van der Waals surface area contributed by atoms with Gasteiger partial charge in [0.25, 0.3) is 0 Å². The summed E-state index contributed by atoms with van der Waals surface area (Å²) < 4.78 is 1.06. The summed E-state index contributed by atoms with van der Waals surface area (Å²) in [5.41, 5.74) is 3.16. The van der Waals surface area contributed by atoms with Gasteiger partial charge in [-0.15, -0.1) is 16.5 Å². The third kappa shape index (κ3) is 3.83. The van der Waals surface area contributed by atoms with Gasteiger partial charge in [-0.1, -0.05) is 58.4 Å². The van der Waals surface area contributed by atoms with Gasteiger partial charge in [-0.25, -0.2) is 4.98 Å². The maximum Gasteiger partial charge on any atom is 0.230 e. The molecular formula is C16H12BrN3S. The second-order valence-electron chi connectivity index (χ2n) is 4.41. The number of rotatable bonds is 4. The fourth-order valence-electron chi connectivity index (χ4n) is 1.82. The molecule has 0 bridgehead atoms. The summed E-state index contributed by atoms with van der Waals surface area (Å²) >= 11 is 4.93. The van der Waals surface area contributed by atoms with E-state index in [-0.39, 0.29) is 0 Å². The molecule has 1 heterocycles. The van der Waals surface area contributed by atoms with Crippen LogP contribution < -0.4 is 0 Å². The van der Waals surface area contributed by atoms with Gasteiger partial charge in [0.15, 0.2) is 0 Å². The molecule has 0 aliphatic rings. The molecule has 0 radical (unpaired) electrons. The van der Waals surface area contributed by atoms with Crippen LogP contribution in [-0.4, -0.2) is 4.98 Å². The number of halogens is 1. The monoisotopic (exact) mass is 357 g/mol. The summed E-state index contributed by atoms with van der Waals surface area (Å²) in [5.74, 6) is 0. The lowest BCUT2D eigenvalue weighted by Gasteiger charge is -1.95. The highest BCUT2D eigenvalue weighted by Gasteiger charge is 2.03. The number of benzene rings is 2. The van der Waals surface area contributed by atoms with E-state index < -0.39 is 0 Å². The van der Waals surface area contributed by atoms with Crippen LogP contribution in [0.4, 0.5) is 5.13 Å². The van der Waals surface area contributed by atoms with Gasteiger partial charge in [0.05, 0.1) is 12.2 Å². The summed E-state index contributed by atoms with van der Waals surface area (Å²) in [7, 11) is 0. The first-order valence-corrected chi connectivity index (χ1v) is 8.11. The van der Waals surface area contributed by atoms with Crippen LogP contribution in [0.15, 0.2) is 74.7 Å². The molecule has 3 nitrogen and oxygen atoms in total. The summed E-state index contributed by atoms with van der Waals surface area (Å²) in [5, 5.41) is 11.1. The van der Waals surface area contributed by atoms with Crippen molar-refractivity contribution in [3.8, 4) is 11.3 Å². The molecule has 5 heteroatoms. The smallest absolute Gasteiger partial charge is 0.217 e. The largest absolute Gasteiger partial charge is 0.230 e. The molecule has 1 aromatic heterocycles. The Labute approximate surface area is 135 Å². The minimum Gasteiger partial charge on any atom is -0.217 e. The van der Waals surface area contributed by atoms with Crippen LogP contribution in [0.3, 0.4) is 0 Å². The number of thiazole rings is 1. The van der Waals surface area contributed by atoms with Crippen LogP contribution in [0.2, 0.25) is 0 Å². The zero-order valence-electron chi connectivity index (χ0n) is 11.1. The van der Waals surface area contributed by atoms with Crippen LogP contribution in [0.5, 0.6) is 0 Å². The van der Waals surface area contributed by atoms with Crippen molar-refractivity contribution in [2.45, 2.75) is 6.54 Å². The van der Waals surface area contributed by atoms with Crippen molar-refractivity contribution in [2.24, 2.45) is 10.2 Å². The maximum atomic E-state index is 4.48. The van der Waals surface area contributed by atoms with Gasteiger partial charge in [-0.3, -0.25) is 0 Å². The summed E-state index contributed by atoms with van der Waals surface area (Å²) in [6.07, 6.45) is 0. The van der Waals surface area contributed by atoms with E-state index in [0.29, 0.717) is 11.7 Å². The lowest BCUT2D eigenvalue weighted by Crippen LogP contribution is -1.78. The zero-order chi connectivity index (χ0) is 14.5. The normalized spacial score (nSPS) is 11.1. The average Bonchev–Trinajstić information content (AvgIpc) is 2.98. The number of hydrogen-bond donors (Lipinski definition) is 0. The molecule has 0 aliphatic carbocycles. The SMILES string of the molecule is Brc1ccc(-c2csc(N=NCc3ccccc3)n2)cc1. The standard InChI is InChI=1S/C16H12BrN3S/c17-14-8-6-13(7-9-14)15-11-21-16(19-15)20-18-10-12-4-2-1-3-5-12/h1-9,11H,10H2. The van der Waals surface area contributed by atoms with Crippen LogP contribution in [0.25, 0.3) is 11.3 Å². The Kier molecular flexibility index (Phi) is 4.52. The van der Waals surface area contributed by atoms with Crippen LogP contribution in [0.1, 0.15) is 5.56 Å². The first-order valence-electron chi connectivity index (χ1n) is 6.44. The number of aromatic nitrogens is 1. The van der Waals surface area contributed by atoms with E-state index in [0.717, 1.165) is 21.3 Å². The lowest BCUT2D eigenvalue weighted by atomic mass is 10.2. The van der Waals surface area contributed by atoms with E-state index in [9.17, 15) is 0 Å². The van der Waals surface area contributed by atoms with Gasteiger partial charge >= 0.3 is 0 Å². The number of nitrogens with zero attached hydrogens (tertiary/aromatic N) is 3. The molecule has 0 N–H and O–H groups in total. The molecule has 0 saturated heterocycles. The molecule has 0 atom stereocenters. The van der Waals surface area contributed by atoms with Crippen molar-refractivity contribution >= 4 is 32.4 Å². The molecule has 0 spiro atoms. The second kappa shape index (κ2) is 6.74. The summed E-state index contributed by atoms with van der Waals surface area (Å²) in [6.45, 7) is 0.577. The minimum absolute atomic E-state index is 0.577. The third-order valence-electron chi connectivity index (χ3n) is 2.88. The molecule has 0 saturated carbocycles. The van der Waals surface area contributed by atoms with Crippen molar-refractivity contribution in [2.75, 3.05) is 0 Å². The van der Waals surface area contributed by atoms with Gasteiger partial charge in [-0.2, -0.15) is 5.11 Å². The predicted molar refractivity (Wildman–Crippen MR) is 89.9 cm³/mol. The fourth-order valence-corrected chi connectivity index (χ4v) is 2.75. The maximum absolute atomic E-state index is 4.48. The van der Waals surface area contributed by atoms with Gasteiger partial charge in [0, 0.05) is 15.4 Å². The molecule has 2 aromatic carbocycles. The molecule has 3 rings (SSSR count). The number of azo groups is 1. The van der Waals surface area contributed by atoms with Crippen molar-refractivity contribution in [3.63, 3.8) is 0 Å². The quantitative estimate of drug-likeness (QED) is 0.539. The van der Waals surface area contributed by atoms with Gasteiger partial charge < -0.3 is 0 Å². The number of hydrogen-bond acceptors (Lipinski definition) is 4. The van der Waals surface area contributed by atoms with E-state index >= 15 is 0 Å². The van der Waals surface area contributed by atoms with E-state index in [2.05, 4.69) is 31.1 Å². The van der Waals surface area contributed by atoms with Crippen LogP contribution >= 0.6 is 27.3 Å². The topological polar surface area (TPSA) is 37.6 Å². The molecule has 0 unspecified atom stereocenters. The average molecular weight is 358 g/mol. The Morgan fingerprint density at radius 2 is 1.76 bits per heavy atom. The minimum atomic E-state index is 0.577. The highest BCUT2D eigenvalue weighted by atomic mass is 79.9. The Morgan fingerprint density at radius 1 is 1.00 bits per heavy atom. The van der Waals surface area contributed by atoms with Crippen molar-refractivity contribution < 1.29 is 0 Å². The van der Waals surface area contributed by atoms with Crippen LogP contribution in [0, 0.1) is 0 Å². The molecule has 0 aliphatic heterocycles. The van der Waals surface area contributed by atoms with Gasteiger partial charge in [0.1, 0.15) is 0 Å². The molecule has 104 valence electrons. The van der Waals surface area contributed by atoms with Crippen molar-refractivity contribution in [1.82, 2.24) is 4.98 Å². The van der Waals surface area contributed by atoms with E-state index in [1.807, 2.05) is 60.0 Å². The fraction of sp³-hybridized carbons (Fsp3) is 0.0625. The molecular weight excluding hydrogens is 346 g/mol. The van der Waals surface area contributed by atoms with E-state index in [1.165, 1.54) is 11.3 Å². The van der Waals surface area contributed by atoms with Crippen LogP contribution in [-0.2, 0) is 6.54 Å². The molecule has 0 fully saturated rings. The predicted octanol–water partition coefficient (Wildman–Crippen LogP) is 5.86. The van der Waals surface area contributed by atoms with Gasteiger partial charge in [-0.05, 0) is 17.7 Å². The Morgan fingerprint density at radius 3 is 2.52 bits per heavy atom. The van der Waals surface area contributed by atoms with E-state index in [4.69, 9.17) is 0 Å². The Hall–Kier alpha value is -1.85. The third-order valence-corrected chi connectivity index (χ3v) is 4.14. The van der Waals surface area contributed by atoms with Crippen molar-refractivity contribution in [1.29, 1.82) is 0 Å². The zero-order valence-corrected chi connectivity index (χ0v) is 13.5. The molecule has 3 aromatic rings. The summed E-state index contributed by atoms with van der Waals surface area (Å²) in [4.78, 5) is 4.48. The first-order chi connectivity index (χ1) is 10.3. The molecule has 21 heavy (non-hydrogen) atoms. The van der Waals surface area contributed by atoms with Crippen molar-refractivity contribution in [3.05, 3.63) is 70.0 Å². The Balaban J connectivity index is 1.69. The van der Waals surface area contributed by atoms with E-state index in [1.54, 1.807) is 0 Å². The lowest BCUT2D eigenvalue weighted by molar-refractivity contribution is 0.955. The summed E-state index contributed by atoms with van der Waals surface area (Å²) in [6, 6.07) is 18.1.